The second kappa shape index (κ2) is 5.90. The van der Waals surface area contributed by atoms with Crippen LogP contribution in [0.3, 0.4) is 0 Å². The molecular weight excluding hydrogens is 290 g/mol. The van der Waals surface area contributed by atoms with Crippen LogP contribution in [0, 0.1) is 0 Å². The lowest BCUT2D eigenvalue weighted by Crippen LogP contribution is -2.49. The molecule has 112 valence electrons. The molecule has 1 saturated heterocycles. The Kier molecular flexibility index (Phi) is 3.98. The van der Waals surface area contributed by atoms with Crippen LogP contribution in [-0.2, 0) is 16.1 Å². The first-order valence-corrected chi connectivity index (χ1v) is 7.74. The fourth-order valence-electron chi connectivity index (χ4n) is 2.42. The van der Waals surface area contributed by atoms with E-state index in [1.807, 2.05) is 31.4 Å². The van der Waals surface area contributed by atoms with Crippen molar-refractivity contribution in [3.05, 3.63) is 17.5 Å². The zero-order chi connectivity index (χ0) is 14.8. The minimum Gasteiger partial charge on any atom is -0.372 e. The number of hydrogen-bond acceptors (Lipinski definition) is 6. The fraction of sp³-hybridized carbons (Fsp3) is 0.538. The summed E-state index contributed by atoms with van der Waals surface area (Å²) in [7, 11) is 0. The van der Waals surface area contributed by atoms with Gasteiger partial charge in [-0.2, -0.15) is 4.80 Å². The summed E-state index contributed by atoms with van der Waals surface area (Å²) >= 11 is 1.55. The molecule has 0 unspecified atom stereocenters. The van der Waals surface area contributed by atoms with Gasteiger partial charge in [0.25, 0.3) is 0 Å². The predicted octanol–water partition coefficient (Wildman–Crippen LogP) is 1.04. The third-order valence-corrected chi connectivity index (χ3v) is 4.11. The van der Waals surface area contributed by atoms with Crippen LogP contribution in [0.1, 0.15) is 13.8 Å². The van der Waals surface area contributed by atoms with E-state index in [-0.39, 0.29) is 24.7 Å². The van der Waals surface area contributed by atoms with E-state index in [0.29, 0.717) is 18.9 Å². The molecular formula is C13H17N5O2S. The van der Waals surface area contributed by atoms with Gasteiger partial charge in [0, 0.05) is 13.1 Å². The van der Waals surface area contributed by atoms with E-state index in [0.717, 1.165) is 4.88 Å². The average Bonchev–Trinajstić information content (AvgIpc) is 3.07. The van der Waals surface area contributed by atoms with Crippen molar-refractivity contribution in [1.29, 1.82) is 0 Å². The molecule has 2 atom stereocenters. The lowest BCUT2D eigenvalue weighted by Gasteiger charge is -2.35. The molecule has 0 N–H and O–H groups in total. The van der Waals surface area contributed by atoms with Crippen LogP contribution in [0.25, 0.3) is 10.7 Å². The van der Waals surface area contributed by atoms with Crippen LogP contribution < -0.4 is 0 Å². The van der Waals surface area contributed by atoms with Gasteiger partial charge in [0.05, 0.1) is 17.1 Å². The molecule has 1 aliphatic rings. The van der Waals surface area contributed by atoms with Crippen molar-refractivity contribution in [1.82, 2.24) is 25.1 Å². The first-order chi connectivity index (χ1) is 10.1. The maximum Gasteiger partial charge on any atom is 0.246 e. The van der Waals surface area contributed by atoms with Crippen molar-refractivity contribution in [3.63, 3.8) is 0 Å². The molecule has 8 heteroatoms. The standard InChI is InChI=1S/C13H17N5O2S/c1-9-6-17(7-10(2)20-9)12(19)8-18-15-13(14-16-18)11-4-3-5-21-11/h3-5,9-10H,6-8H2,1-2H3/t9-,10-/m0/s1. The molecule has 0 spiro atoms. The summed E-state index contributed by atoms with van der Waals surface area (Å²) in [5, 5.41) is 14.1. The summed E-state index contributed by atoms with van der Waals surface area (Å²) in [6, 6.07) is 3.86. The number of carbonyl (C=O) groups is 1. The third-order valence-electron chi connectivity index (χ3n) is 3.24. The number of tetrazole rings is 1. The Morgan fingerprint density at radius 1 is 1.43 bits per heavy atom. The van der Waals surface area contributed by atoms with Crippen LogP contribution >= 0.6 is 11.3 Å². The maximum absolute atomic E-state index is 12.3. The Hall–Kier alpha value is -1.80. The molecule has 7 nitrogen and oxygen atoms in total. The Morgan fingerprint density at radius 3 is 2.86 bits per heavy atom. The van der Waals surface area contributed by atoms with E-state index >= 15 is 0 Å². The van der Waals surface area contributed by atoms with Gasteiger partial charge in [0.1, 0.15) is 6.54 Å². The number of aromatic nitrogens is 4. The van der Waals surface area contributed by atoms with Gasteiger partial charge in [-0.15, -0.1) is 21.5 Å². The monoisotopic (exact) mass is 307 g/mol. The van der Waals surface area contributed by atoms with E-state index in [2.05, 4.69) is 15.4 Å². The lowest BCUT2D eigenvalue weighted by atomic mass is 10.2. The molecule has 0 bridgehead atoms. The van der Waals surface area contributed by atoms with Crippen molar-refractivity contribution in [2.75, 3.05) is 13.1 Å². The first-order valence-electron chi connectivity index (χ1n) is 6.86. The van der Waals surface area contributed by atoms with Gasteiger partial charge in [-0.1, -0.05) is 6.07 Å². The first kappa shape index (κ1) is 14.2. The van der Waals surface area contributed by atoms with Gasteiger partial charge >= 0.3 is 0 Å². The minimum atomic E-state index is -0.00729. The van der Waals surface area contributed by atoms with Crippen molar-refractivity contribution >= 4 is 17.2 Å². The maximum atomic E-state index is 12.3. The summed E-state index contributed by atoms with van der Waals surface area (Å²) in [6.07, 6.45) is 0.117. The largest absolute Gasteiger partial charge is 0.372 e. The quantitative estimate of drug-likeness (QED) is 0.847. The topological polar surface area (TPSA) is 73.1 Å². The van der Waals surface area contributed by atoms with E-state index in [1.54, 1.807) is 16.2 Å². The number of carbonyl (C=O) groups excluding carboxylic acids is 1. The predicted molar refractivity (Wildman–Crippen MR) is 77.7 cm³/mol. The number of nitrogens with zero attached hydrogens (tertiary/aromatic N) is 5. The van der Waals surface area contributed by atoms with E-state index in [4.69, 9.17) is 4.74 Å². The number of thiophene rings is 1. The van der Waals surface area contributed by atoms with Gasteiger partial charge in [0.2, 0.25) is 11.7 Å². The Labute approximate surface area is 126 Å². The third kappa shape index (κ3) is 3.27. The average molecular weight is 307 g/mol. The van der Waals surface area contributed by atoms with Crippen molar-refractivity contribution < 1.29 is 9.53 Å². The van der Waals surface area contributed by atoms with Crippen LogP contribution in [0.15, 0.2) is 17.5 Å². The number of hydrogen-bond donors (Lipinski definition) is 0. The SMILES string of the molecule is C[C@H]1CN(C(=O)Cn2nnc(-c3cccs3)n2)C[C@H](C)O1. The molecule has 2 aromatic rings. The molecule has 0 aromatic carbocycles. The van der Waals surface area contributed by atoms with E-state index in [1.165, 1.54) is 4.80 Å². The van der Waals surface area contributed by atoms with Crippen molar-refractivity contribution in [2.45, 2.75) is 32.6 Å². The number of amides is 1. The van der Waals surface area contributed by atoms with Gasteiger partial charge in [-0.3, -0.25) is 4.79 Å². The van der Waals surface area contributed by atoms with Gasteiger partial charge in [0.15, 0.2) is 0 Å². The number of ether oxygens (including phenoxy) is 1. The highest BCUT2D eigenvalue weighted by Gasteiger charge is 2.26. The molecule has 0 aliphatic carbocycles. The summed E-state index contributed by atoms with van der Waals surface area (Å²) < 4.78 is 5.63. The Bertz CT molecular complexity index is 602. The van der Waals surface area contributed by atoms with Crippen molar-refractivity contribution in [3.8, 4) is 10.7 Å². The Balaban J connectivity index is 1.65. The molecule has 0 radical (unpaired) electrons. The van der Waals surface area contributed by atoms with Gasteiger partial charge in [-0.25, -0.2) is 0 Å². The normalized spacial score (nSPS) is 22.5. The number of rotatable bonds is 3. The molecule has 3 heterocycles. The molecule has 1 aliphatic heterocycles. The molecule has 3 rings (SSSR count). The highest BCUT2D eigenvalue weighted by Crippen LogP contribution is 2.19. The van der Waals surface area contributed by atoms with E-state index in [9.17, 15) is 4.79 Å². The van der Waals surface area contributed by atoms with Gasteiger partial charge in [-0.05, 0) is 30.5 Å². The zero-order valence-electron chi connectivity index (χ0n) is 12.0. The highest BCUT2D eigenvalue weighted by atomic mass is 32.1. The van der Waals surface area contributed by atoms with Gasteiger partial charge < -0.3 is 9.64 Å². The second-order valence-electron chi connectivity index (χ2n) is 5.18. The highest BCUT2D eigenvalue weighted by molar-refractivity contribution is 7.13. The molecule has 1 fully saturated rings. The van der Waals surface area contributed by atoms with Crippen LogP contribution in [0.2, 0.25) is 0 Å². The molecule has 2 aromatic heterocycles. The smallest absolute Gasteiger partial charge is 0.246 e. The fourth-order valence-corrected chi connectivity index (χ4v) is 3.07. The minimum absolute atomic E-state index is 0.00729. The molecule has 1 amide bonds. The van der Waals surface area contributed by atoms with Crippen LogP contribution in [0.5, 0.6) is 0 Å². The lowest BCUT2D eigenvalue weighted by molar-refractivity contribution is -0.144. The summed E-state index contributed by atoms with van der Waals surface area (Å²) in [5.74, 6) is 0.550. The van der Waals surface area contributed by atoms with Crippen LogP contribution in [-0.4, -0.2) is 56.3 Å². The van der Waals surface area contributed by atoms with E-state index < -0.39 is 0 Å². The summed E-state index contributed by atoms with van der Waals surface area (Å²) in [5.41, 5.74) is 0. The molecule has 0 saturated carbocycles. The summed E-state index contributed by atoms with van der Waals surface area (Å²) in [4.78, 5) is 16.4. The zero-order valence-corrected chi connectivity index (χ0v) is 12.8. The molecule has 21 heavy (non-hydrogen) atoms. The van der Waals surface area contributed by atoms with Crippen LogP contribution in [0.4, 0.5) is 0 Å². The summed E-state index contributed by atoms with van der Waals surface area (Å²) in [6.45, 7) is 5.26. The number of morpholine rings is 1. The Morgan fingerprint density at radius 2 is 2.19 bits per heavy atom. The second-order valence-corrected chi connectivity index (χ2v) is 6.12. The van der Waals surface area contributed by atoms with Crippen molar-refractivity contribution in [2.24, 2.45) is 0 Å².